The van der Waals surface area contributed by atoms with Crippen molar-refractivity contribution < 1.29 is 23.7 Å². The first-order valence-corrected chi connectivity index (χ1v) is 9.20. The topological polar surface area (TPSA) is 66.0 Å². The van der Waals surface area contributed by atoms with Gasteiger partial charge in [-0.15, -0.1) is 0 Å². The van der Waals surface area contributed by atoms with Crippen LogP contribution in [0.2, 0.25) is 0 Å². The summed E-state index contributed by atoms with van der Waals surface area (Å²) >= 11 is 0. The van der Waals surface area contributed by atoms with Gasteiger partial charge in [0.25, 0.3) is 0 Å². The molecule has 2 aromatic carbocycles. The lowest BCUT2D eigenvalue weighted by Gasteiger charge is -2.18. The summed E-state index contributed by atoms with van der Waals surface area (Å²) in [4.78, 5) is 13.0. The molecule has 0 atom stereocenters. The zero-order chi connectivity index (χ0) is 20.8. The molecule has 1 aliphatic heterocycles. The first-order valence-electron chi connectivity index (χ1n) is 9.20. The number of benzene rings is 2. The van der Waals surface area contributed by atoms with Gasteiger partial charge in [0.05, 0.1) is 28.4 Å². The molecule has 6 heteroatoms. The molecular formula is C23H25NO5. The van der Waals surface area contributed by atoms with Crippen molar-refractivity contribution in [1.29, 1.82) is 0 Å². The van der Waals surface area contributed by atoms with E-state index in [2.05, 4.69) is 5.32 Å². The van der Waals surface area contributed by atoms with Gasteiger partial charge < -0.3 is 24.3 Å². The van der Waals surface area contributed by atoms with Crippen LogP contribution in [0.5, 0.6) is 23.0 Å². The van der Waals surface area contributed by atoms with Gasteiger partial charge in [-0.2, -0.15) is 0 Å². The Labute approximate surface area is 170 Å². The standard InChI is InChI=1S/C23H25NO5/c1-26-19-7-5-15(11-21(19)28-3)9-17-13-24-14-18(23(17)25)10-16-6-8-20(27-2)22(12-16)29-4/h5-12,24H,13-14H2,1-4H3/b17-9+,18-10+. The molecule has 0 radical (unpaired) electrons. The number of ketones is 1. The fraction of sp³-hybridized carbons (Fsp3) is 0.261. The number of carbonyl (C=O) groups excluding carboxylic acids is 1. The normalized spacial score (nSPS) is 16.8. The van der Waals surface area contributed by atoms with Gasteiger partial charge in [0.2, 0.25) is 0 Å². The number of methoxy groups -OCH3 is 4. The lowest BCUT2D eigenvalue weighted by molar-refractivity contribution is -0.112. The third-order valence-electron chi connectivity index (χ3n) is 4.71. The quantitative estimate of drug-likeness (QED) is 0.757. The second kappa shape index (κ2) is 9.30. The Morgan fingerprint density at radius 2 is 1.10 bits per heavy atom. The molecule has 0 aromatic heterocycles. The Kier molecular flexibility index (Phi) is 6.57. The largest absolute Gasteiger partial charge is 0.493 e. The molecule has 0 bridgehead atoms. The molecule has 6 nitrogen and oxygen atoms in total. The molecule has 1 aliphatic rings. The summed E-state index contributed by atoms with van der Waals surface area (Å²) in [5.41, 5.74) is 3.13. The van der Waals surface area contributed by atoms with E-state index in [0.29, 0.717) is 47.2 Å². The fourth-order valence-corrected chi connectivity index (χ4v) is 3.22. The zero-order valence-corrected chi connectivity index (χ0v) is 17.1. The minimum absolute atomic E-state index is 0.0216. The number of carbonyl (C=O) groups is 1. The van der Waals surface area contributed by atoms with E-state index in [1.54, 1.807) is 28.4 Å². The molecule has 2 aromatic rings. The number of hydrogen-bond acceptors (Lipinski definition) is 6. The van der Waals surface area contributed by atoms with Gasteiger partial charge in [-0.1, -0.05) is 12.1 Å². The van der Waals surface area contributed by atoms with Crippen LogP contribution in [0.1, 0.15) is 11.1 Å². The van der Waals surface area contributed by atoms with Crippen molar-refractivity contribution >= 4 is 17.9 Å². The highest BCUT2D eigenvalue weighted by Crippen LogP contribution is 2.30. The molecular weight excluding hydrogens is 370 g/mol. The second-order valence-electron chi connectivity index (χ2n) is 6.50. The number of rotatable bonds is 6. The van der Waals surface area contributed by atoms with Gasteiger partial charge in [0.1, 0.15) is 0 Å². The average Bonchev–Trinajstić information content (AvgIpc) is 2.76. The van der Waals surface area contributed by atoms with Crippen LogP contribution in [0.4, 0.5) is 0 Å². The number of ether oxygens (including phenoxy) is 4. The molecule has 0 aliphatic carbocycles. The van der Waals surface area contributed by atoms with Gasteiger partial charge in [-0.3, -0.25) is 4.79 Å². The zero-order valence-electron chi connectivity index (χ0n) is 17.1. The highest BCUT2D eigenvalue weighted by molar-refractivity contribution is 6.14. The van der Waals surface area contributed by atoms with Crippen LogP contribution in [0.3, 0.4) is 0 Å². The van der Waals surface area contributed by atoms with E-state index < -0.39 is 0 Å². The summed E-state index contributed by atoms with van der Waals surface area (Å²) in [6.45, 7) is 1.02. The summed E-state index contributed by atoms with van der Waals surface area (Å²) in [5.74, 6) is 2.57. The fourth-order valence-electron chi connectivity index (χ4n) is 3.22. The highest BCUT2D eigenvalue weighted by Gasteiger charge is 2.20. The molecule has 0 saturated carbocycles. The van der Waals surface area contributed by atoms with Crippen molar-refractivity contribution in [2.45, 2.75) is 0 Å². The van der Waals surface area contributed by atoms with Gasteiger partial charge in [0.15, 0.2) is 28.8 Å². The van der Waals surface area contributed by atoms with Crippen molar-refractivity contribution in [2.75, 3.05) is 41.5 Å². The van der Waals surface area contributed by atoms with E-state index in [4.69, 9.17) is 18.9 Å². The van der Waals surface area contributed by atoms with E-state index >= 15 is 0 Å². The Hall–Kier alpha value is -3.25. The summed E-state index contributed by atoms with van der Waals surface area (Å²) in [6.07, 6.45) is 3.75. The molecule has 0 spiro atoms. The predicted molar refractivity (Wildman–Crippen MR) is 113 cm³/mol. The van der Waals surface area contributed by atoms with Gasteiger partial charge in [-0.25, -0.2) is 0 Å². The maximum absolute atomic E-state index is 13.0. The van der Waals surface area contributed by atoms with Gasteiger partial charge in [-0.05, 0) is 47.5 Å². The van der Waals surface area contributed by atoms with E-state index in [1.807, 2.05) is 48.6 Å². The van der Waals surface area contributed by atoms with E-state index in [1.165, 1.54) is 0 Å². The number of piperidine rings is 1. The van der Waals surface area contributed by atoms with E-state index in [-0.39, 0.29) is 5.78 Å². The lowest BCUT2D eigenvalue weighted by atomic mass is 9.95. The third-order valence-corrected chi connectivity index (χ3v) is 4.71. The number of hydrogen-bond donors (Lipinski definition) is 1. The van der Waals surface area contributed by atoms with Crippen LogP contribution in [-0.2, 0) is 4.79 Å². The number of Topliss-reactive ketones (excluding diaryl/α,β-unsaturated/α-hetero) is 1. The monoisotopic (exact) mass is 395 g/mol. The van der Waals surface area contributed by atoms with Crippen LogP contribution in [0, 0.1) is 0 Å². The molecule has 29 heavy (non-hydrogen) atoms. The van der Waals surface area contributed by atoms with Crippen molar-refractivity contribution in [3.63, 3.8) is 0 Å². The maximum Gasteiger partial charge on any atom is 0.187 e. The van der Waals surface area contributed by atoms with Crippen molar-refractivity contribution in [3.05, 3.63) is 58.7 Å². The molecule has 1 fully saturated rings. The minimum Gasteiger partial charge on any atom is -0.493 e. The SMILES string of the molecule is COc1ccc(/C=C2\CNC/C(=C\c3ccc(OC)c(OC)c3)C2=O)cc1OC. The van der Waals surface area contributed by atoms with Gasteiger partial charge in [0, 0.05) is 24.2 Å². The molecule has 1 N–H and O–H groups in total. The smallest absolute Gasteiger partial charge is 0.187 e. The Balaban J connectivity index is 1.89. The van der Waals surface area contributed by atoms with Crippen LogP contribution in [0.25, 0.3) is 12.2 Å². The van der Waals surface area contributed by atoms with Crippen molar-refractivity contribution in [3.8, 4) is 23.0 Å². The average molecular weight is 395 g/mol. The Bertz CT molecular complexity index is 886. The van der Waals surface area contributed by atoms with Gasteiger partial charge >= 0.3 is 0 Å². The second-order valence-corrected chi connectivity index (χ2v) is 6.50. The first kappa shape index (κ1) is 20.5. The third kappa shape index (κ3) is 4.60. The van der Waals surface area contributed by atoms with Crippen LogP contribution in [0.15, 0.2) is 47.5 Å². The van der Waals surface area contributed by atoms with Crippen LogP contribution >= 0.6 is 0 Å². The minimum atomic E-state index is 0.0216. The van der Waals surface area contributed by atoms with E-state index in [0.717, 1.165) is 11.1 Å². The lowest BCUT2D eigenvalue weighted by Crippen LogP contribution is -2.32. The van der Waals surface area contributed by atoms with Crippen LogP contribution in [-0.4, -0.2) is 47.3 Å². The molecule has 152 valence electrons. The molecule has 0 unspecified atom stereocenters. The highest BCUT2D eigenvalue weighted by atomic mass is 16.5. The van der Waals surface area contributed by atoms with Crippen molar-refractivity contribution in [2.24, 2.45) is 0 Å². The van der Waals surface area contributed by atoms with Crippen LogP contribution < -0.4 is 24.3 Å². The Morgan fingerprint density at radius 3 is 1.48 bits per heavy atom. The maximum atomic E-state index is 13.0. The summed E-state index contributed by atoms with van der Waals surface area (Å²) < 4.78 is 21.2. The molecule has 0 amide bonds. The van der Waals surface area contributed by atoms with Crippen molar-refractivity contribution in [1.82, 2.24) is 5.32 Å². The predicted octanol–water partition coefficient (Wildman–Crippen LogP) is 3.36. The molecule has 3 rings (SSSR count). The molecule has 1 heterocycles. The summed E-state index contributed by atoms with van der Waals surface area (Å²) in [7, 11) is 6.36. The summed E-state index contributed by atoms with van der Waals surface area (Å²) in [5, 5.41) is 3.29. The molecule has 1 saturated heterocycles. The van der Waals surface area contributed by atoms with E-state index in [9.17, 15) is 4.79 Å². The summed E-state index contributed by atoms with van der Waals surface area (Å²) in [6, 6.07) is 11.2. The number of nitrogens with one attached hydrogen (secondary N) is 1. The first-order chi connectivity index (χ1) is 14.1. The Morgan fingerprint density at radius 1 is 0.690 bits per heavy atom.